The van der Waals surface area contributed by atoms with Gasteiger partial charge in [0.05, 0.1) is 23.3 Å². The van der Waals surface area contributed by atoms with E-state index in [-0.39, 0.29) is 31.1 Å². The van der Waals surface area contributed by atoms with Crippen LogP contribution in [0.1, 0.15) is 44.7 Å². The van der Waals surface area contributed by atoms with Gasteiger partial charge < -0.3 is 29.3 Å². The van der Waals surface area contributed by atoms with Crippen molar-refractivity contribution < 1.29 is 29.2 Å². The average molecular weight is 431 g/mol. The van der Waals surface area contributed by atoms with Gasteiger partial charge in [-0.25, -0.2) is 0 Å². The Balaban J connectivity index is 0.000000730. The van der Waals surface area contributed by atoms with Crippen molar-refractivity contribution in [2.75, 3.05) is 24.8 Å². The molecule has 8 heteroatoms. The number of hydrogen-bond donors (Lipinski definition) is 2. The molecule has 5 rings (SSSR count). The highest BCUT2D eigenvalue weighted by molar-refractivity contribution is 5.94. The number of ether oxygens (including phenoxy) is 3. The van der Waals surface area contributed by atoms with Crippen LogP contribution in [0.15, 0.2) is 18.2 Å². The minimum Gasteiger partial charge on any atom is -0.483 e. The summed E-state index contributed by atoms with van der Waals surface area (Å²) < 4.78 is 17.6. The highest BCUT2D eigenvalue weighted by Crippen LogP contribution is 2.42. The van der Waals surface area contributed by atoms with Crippen LogP contribution >= 0.6 is 0 Å². The average Bonchev–Trinajstić information content (AvgIpc) is 3.19. The van der Waals surface area contributed by atoms with Crippen molar-refractivity contribution in [2.45, 2.75) is 63.8 Å². The van der Waals surface area contributed by atoms with E-state index in [9.17, 15) is 5.11 Å². The van der Waals surface area contributed by atoms with Crippen molar-refractivity contribution in [1.82, 2.24) is 4.98 Å². The van der Waals surface area contributed by atoms with E-state index < -0.39 is 0 Å². The largest absolute Gasteiger partial charge is 0.483 e. The lowest BCUT2D eigenvalue weighted by Gasteiger charge is -2.48. The number of benzene rings is 1. The van der Waals surface area contributed by atoms with Gasteiger partial charge in [-0.15, -0.1) is 0 Å². The number of anilines is 1. The fourth-order valence-electron chi connectivity index (χ4n) is 4.98. The number of piperidine rings is 1. The highest BCUT2D eigenvalue weighted by Gasteiger charge is 2.43. The summed E-state index contributed by atoms with van der Waals surface area (Å²) >= 11 is 0. The first-order chi connectivity index (χ1) is 15.0. The van der Waals surface area contributed by atoms with Gasteiger partial charge in [0.2, 0.25) is 6.79 Å². The Morgan fingerprint density at radius 3 is 2.58 bits per heavy atom. The summed E-state index contributed by atoms with van der Waals surface area (Å²) in [5.41, 5.74) is 2.95. The predicted molar refractivity (Wildman–Crippen MR) is 116 cm³/mol. The first kappa shape index (κ1) is 21.6. The van der Waals surface area contributed by atoms with E-state index in [1.54, 1.807) is 0 Å². The molecular formula is C23H30N2O6. The summed E-state index contributed by atoms with van der Waals surface area (Å²) in [4.78, 5) is 15.5. The van der Waals surface area contributed by atoms with Gasteiger partial charge in [0.1, 0.15) is 0 Å². The quantitative estimate of drug-likeness (QED) is 0.700. The maximum atomic E-state index is 10.4. The van der Waals surface area contributed by atoms with E-state index in [1.165, 1.54) is 5.69 Å². The number of aryl methyl sites for hydroxylation is 1. The Morgan fingerprint density at radius 2 is 1.90 bits per heavy atom. The number of fused-ring (bicyclic) bond motifs is 2. The molecule has 0 unspecified atom stereocenters. The van der Waals surface area contributed by atoms with Gasteiger partial charge in [-0.2, -0.15) is 0 Å². The Bertz CT molecular complexity index is 941. The van der Waals surface area contributed by atoms with Gasteiger partial charge in [-0.1, -0.05) is 6.92 Å². The molecule has 0 radical (unpaired) electrons. The maximum absolute atomic E-state index is 10.4. The molecule has 2 saturated heterocycles. The highest BCUT2D eigenvalue weighted by atomic mass is 16.7. The number of nitrogens with zero attached hydrogens (tertiary/aromatic N) is 2. The Hall–Kier alpha value is -2.58. The number of aliphatic hydroxyl groups is 1. The van der Waals surface area contributed by atoms with Crippen LogP contribution in [0.5, 0.6) is 11.5 Å². The number of rotatable bonds is 2. The van der Waals surface area contributed by atoms with Crippen molar-refractivity contribution in [2.24, 2.45) is 0 Å². The molecule has 2 atom stereocenters. The van der Waals surface area contributed by atoms with Crippen molar-refractivity contribution in [3.63, 3.8) is 0 Å². The third-order valence-electron chi connectivity index (χ3n) is 6.44. The molecule has 1 spiro atoms. The van der Waals surface area contributed by atoms with Crippen LogP contribution < -0.4 is 14.4 Å². The lowest BCUT2D eigenvalue weighted by Crippen LogP contribution is -2.52. The third-order valence-corrected chi connectivity index (χ3v) is 6.44. The van der Waals surface area contributed by atoms with Crippen LogP contribution in [0.25, 0.3) is 10.9 Å². The maximum Gasteiger partial charge on any atom is 0.290 e. The van der Waals surface area contributed by atoms with E-state index in [2.05, 4.69) is 24.0 Å². The van der Waals surface area contributed by atoms with Crippen LogP contribution in [0.3, 0.4) is 0 Å². The summed E-state index contributed by atoms with van der Waals surface area (Å²) in [6, 6.07) is 6.19. The van der Waals surface area contributed by atoms with Crippen LogP contribution in [0.2, 0.25) is 0 Å². The van der Waals surface area contributed by atoms with Crippen LogP contribution in [-0.2, 0) is 9.53 Å². The molecule has 2 N–H and O–H groups in total. The second kappa shape index (κ2) is 8.88. The SMILES string of the molecule is CC[C@H]1C[C@@H](O)CC2(CCN(c3cc(C)nc4cc5c(cc34)OCO5)CC2)O1.O=CO. The summed E-state index contributed by atoms with van der Waals surface area (Å²) in [5.74, 6) is 1.56. The molecule has 31 heavy (non-hydrogen) atoms. The van der Waals surface area contributed by atoms with Gasteiger partial charge in [0.15, 0.2) is 11.5 Å². The first-order valence-corrected chi connectivity index (χ1v) is 10.9. The van der Waals surface area contributed by atoms with E-state index in [0.29, 0.717) is 0 Å². The summed E-state index contributed by atoms with van der Waals surface area (Å²) in [6.07, 6.45) is 4.30. The molecule has 4 heterocycles. The monoisotopic (exact) mass is 430 g/mol. The standard InChI is InChI=1S/C22H28N2O4.CH2O2/c1-3-16-9-15(25)12-22(28-16)4-6-24(7-5-22)19-8-14(2)23-18-11-21-20(10-17(18)19)26-13-27-21;2-1-3/h8,10-11,15-16,25H,3-7,9,12-13H2,1-2H3;1H,(H,2,3)/t15-,16+;/m1./s1. The van der Waals surface area contributed by atoms with Crippen molar-refractivity contribution in [3.8, 4) is 11.5 Å². The Kier molecular flexibility index (Phi) is 6.20. The van der Waals surface area contributed by atoms with Crippen LogP contribution in [0.4, 0.5) is 5.69 Å². The Labute approximate surface area is 181 Å². The number of carbonyl (C=O) groups is 1. The molecule has 0 aliphatic carbocycles. The minimum absolute atomic E-state index is 0.176. The molecule has 0 amide bonds. The number of hydrogen-bond acceptors (Lipinski definition) is 7. The smallest absolute Gasteiger partial charge is 0.290 e. The van der Waals surface area contributed by atoms with E-state index in [1.807, 2.05) is 13.0 Å². The lowest BCUT2D eigenvalue weighted by molar-refractivity contribution is -0.171. The summed E-state index contributed by atoms with van der Waals surface area (Å²) in [6.45, 7) is 6.02. The molecule has 3 aliphatic rings. The molecule has 3 aliphatic heterocycles. The Morgan fingerprint density at radius 1 is 1.23 bits per heavy atom. The first-order valence-electron chi connectivity index (χ1n) is 10.9. The van der Waals surface area contributed by atoms with E-state index >= 15 is 0 Å². The molecule has 2 aromatic rings. The number of aromatic nitrogens is 1. The minimum atomic E-state index is -0.250. The second-order valence-electron chi connectivity index (χ2n) is 8.52. The normalized spacial score (nSPS) is 24.0. The molecular weight excluding hydrogens is 400 g/mol. The molecule has 8 nitrogen and oxygen atoms in total. The van der Waals surface area contributed by atoms with Gasteiger partial charge in [0, 0.05) is 42.3 Å². The summed E-state index contributed by atoms with van der Waals surface area (Å²) in [5, 5.41) is 18.3. The van der Waals surface area contributed by atoms with Crippen molar-refractivity contribution >= 4 is 23.1 Å². The van der Waals surface area contributed by atoms with Crippen LogP contribution in [0, 0.1) is 6.92 Å². The van der Waals surface area contributed by atoms with Gasteiger partial charge in [-0.3, -0.25) is 9.78 Å². The van der Waals surface area contributed by atoms with Crippen molar-refractivity contribution in [3.05, 3.63) is 23.9 Å². The number of carboxylic acid groups (broad SMARTS) is 1. The molecule has 168 valence electrons. The van der Waals surface area contributed by atoms with Gasteiger partial charge >= 0.3 is 0 Å². The fourth-order valence-corrected chi connectivity index (χ4v) is 4.98. The fraction of sp³-hybridized carbons (Fsp3) is 0.565. The topological polar surface area (TPSA) is 101 Å². The predicted octanol–water partition coefficient (Wildman–Crippen LogP) is 3.26. The summed E-state index contributed by atoms with van der Waals surface area (Å²) in [7, 11) is 0. The van der Waals surface area contributed by atoms with Crippen LogP contribution in [-0.4, -0.2) is 59.4 Å². The zero-order chi connectivity index (χ0) is 22.0. The van der Waals surface area contributed by atoms with Gasteiger partial charge in [-0.05, 0) is 44.7 Å². The van der Waals surface area contributed by atoms with E-state index in [0.717, 1.165) is 73.3 Å². The third kappa shape index (κ3) is 4.41. The zero-order valence-electron chi connectivity index (χ0n) is 18.0. The number of aliphatic hydroxyl groups excluding tert-OH is 1. The van der Waals surface area contributed by atoms with Crippen molar-refractivity contribution in [1.29, 1.82) is 0 Å². The second-order valence-corrected chi connectivity index (χ2v) is 8.52. The van der Waals surface area contributed by atoms with E-state index in [4.69, 9.17) is 29.1 Å². The molecule has 2 fully saturated rings. The molecule has 1 aromatic carbocycles. The lowest BCUT2D eigenvalue weighted by atomic mass is 9.81. The van der Waals surface area contributed by atoms with Gasteiger partial charge in [0.25, 0.3) is 6.47 Å². The zero-order valence-corrected chi connectivity index (χ0v) is 18.0. The molecule has 0 bridgehead atoms. The molecule has 0 saturated carbocycles. The molecule has 1 aromatic heterocycles. The number of pyridine rings is 1.